The molecule has 0 N–H and O–H groups in total. The maximum atomic E-state index is 12.8. The Balaban J connectivity index is 2.04. The predicted octanol–water partition coefficient (Wildman–Crippen LogP) is 1.46. The van der Waals surface area contributed by atoms with Crippen molar-refractivity contribution in [1.29, 1.82) is 0 Å². The van der Waals surface area contributed by atoms with Crippen LogP contribution in [-0.4, -0.2) is 80.9 Å². The lowest BCUT2D eigenvalue weighted by Gasteiger charge is -2.34. The average Bonchev–Trinajstić information content (AvgIpc) is 2.63. The predicted molar refractivity (Wildman–Crippen MR) is 96.2 cm³/mol. The number of likely N-dealkylation sites (N-methyl/N-ethyl adjacent to an activating group) is 1. The number of ether oxygens (including phenoxy) is 1. The van der Waals surface area contributed by atoms with Gasteiger partial charge in [-0.15, -0.1) is 0 Å². The fraction of sp³-hybridized carbons (Fsp3) is 0.588. The third kappa shape index (κ3) is 5.36. The van der Waals surface area contributed by atoms with E-state index in [4.69, 9.17) is 0 Å². The minimum Gasteiger partial charge on any atom is -0.433 e. The molecule has 152 valence electrons. The molecule has 1 fully saturated rings. The summed E-state index contributed by atoms with van der Waals surface area (Å²) in [7, 11) is -3.96. The number of para-hydroxylation sites is 1. The first-order valence-electron chi connectivity index (χ1n) is 8.83. The SMILES string of the molecule is CCN(CC)C(=O)CN1CCN(S(=O)(=O)c2ccccc2OC(F)F)CC1. The van der Waals surface area contributed by atoms with Gasteiger partial charge in [-0.3, -0.25) is 9.69 Å². The van der Waals surface area contributed by atoms with E-state index in [0.717, 1.165) is 0 Å². The first-order chi connectivity index (χ1) is 12.8. The first-order valence-corrected chi connectivity index (χ1v) is 10.3. The Morgan fingerprint density at radius 3 is 2.30 bits per heavy atom. The van der Waals surface area contributed by atoms with E-state index in [1.54, 1.807) is 4.90 Å². The highest BCUT2D eigenvalue weighted by Gasteiger charge is 2.32. The summed E-state index contributed by atoms with van der Waals surface area (Å²) in [5, 5.41) is 0. The smallest absolute Gasteiger partial charge is 0.387 e. The minimum atomic E-state index is -3.96. The molecule has 1 heterocycles. The molecule has 0 unspecified atom stereocenters. The molecule has 0 saturated carbocycles. The Morgan fingerprint density at radius 1 is 1.15 bits per heavy atom. The molecule has 0 spiro atoms. The summed E-state index contributed by atoms with van der Waals surface area (Å²) in [5.41, 5.74) is 0. The van der Waals surface area contributed by atoms with Crippen LogP contribution in [0, 0.1) is 0 Å². The van der Waals surface area contributed by atoms with Crippen LogP contribution in [-0.2, 0) is 14.8 Å². The summed E-state index contributed by atoms with van der Waals surface area (Å²) in [5.74, 6) is -0.362. The number of hydrogen-bond donors (Lipinski definition) is 0. The Kier molecular flexibility index (Phi) is 7.51. The van der Waals surface area contributed by atoms with Crippen LogP contribution in [0.3, 0.4) is 0 Å². The standard InChI is InChI=1S/C17H25F2N3O4S/c1-3-21(4-2)16(23)13-20-9-11-22(12-10-20)27(24,25)15-8-6-5-7-14(15)26-17(18)19/h5-8,17H,3-4,9-13H2,1-2H3. The number of hydrogen-bond acceptors (Lipinski definition) is 5. The van der Waals surface area contributed by atoms with Crippen molar-refractivity contribution in [3.63, 3.8) is 0 Å². The van der Waals surface area contributed by atoms with Crippen molar-refractivity contribution in [1.82, 2.24) is 14.1 Å². The van der Waals surface area contributed by atoms with E-state index in [9.17, 15) is 22.0 Å². The molecule has 0 aliphatic carbocycles. The van der Waals surface area contributed by atoms with Crippen LogP contribution in [0.1, 0.15) is 13.8 Å². The van der Waals surface area contributed by atoms with Crippen LogP contribution in [0.5, 0.6) is 5.75 Å². The second kappa shape index (κ2) is 9.43. The van der Waals surface area contributed by atoms with Crippen LogP contribution in [0.4, 0.5) is 8.78 Å². The van der Waals surface area contributed by atoms with E-state index in [1.807, 2.05) is 18.7 Å². The van der Waals surface area contributed by atoms with Crippen molar-refractivity contribution in [2.24, 2.45) is 0 Å². The molecule has 1 aliphatic rings. The van der Waals surface area contributed by atoms with Gasteiger partial charge in [-0.2, -0.15) is 13.1 Å². The molecule has 1 aliphatic heterocycles. The average molecular weight is 405 g/mol. The molecule has 10 heteroatoms. The van der Waals surface area contributed by atoms with E-state index in [-0.39, 0.29) is 36.2 Å². The molecule has 1 aromatic rings. The molecule has 1 saturated heterocycles. The van der Waals surface area contributed by atoms with Gasteiger partial charge < -0.3 is 9.64 Å². The largest absolute Gasteiger partial charge is 0.433 e. The number of benzene rings is 1. The molecule has 2 rings (SSSR count). The minimum absolute atomic E-state index is 0.00647. The summed E-state index contributed by atoms with van der Waals surface area (Å²) in [4.78, 5) is 15.5. The van der Waals surface area contributed by atoms with Crippen LogP contribution in [0.15, 0.2) is 29.2 Å². The van der Waals surface area contributed by atoms with E-state index < -0.39 is 16.6 Å². The Bertz CT molecular complexity index is 733. The van der Waals surface area contributed by atoms with Crippen LogP contribution >= 0.6 is 0 Å². The Hall–Kier alpha value is -1.78. The maximum absolute atomic E-state index is 12.8. The number of amides is 1. The highest BCUT2D eigenvalue weighted by molar-refractivity contribution is 7.89. The number of piperazine rings is 1. The highest BCUT2D eigenvalue weighted by atomic mass is 32.2. The summed E-state index contributed by atoms with van der Waals surface area (Å²) in [6.07, 6.45) is 0. The number of halogens is 2. The van der Waals surface area contributed by atoms with Crippen LogP contribution in [0.2, 0.25) is 0 Å². The van der Waals surface area contributed by atoms with Gasteiger partial charge in [-0.1, -0.05) is 12.1 Å². The summed E-state index contributed by atoms with van der Waals surface area (Å²) in [6, 6.07) is 5.36. The zero-order valence-electron chi connectivity index (χ0n) is 15.5. The normalized spacial score (nSPS) is 16.5. The quantitative estimate of drug-likeness (QED) is 0.655. The maximum Gasteiger partial charge on any atom is 0.387 e. The van der Waals surface area contributed by atoms with Gasteiger partial charge >= 0.3 is 6.61 Å². The molecule has 1 aromatic carbocycles. The van der Waals surface area contributed by atoms with E-state index >= 15 is 0 Å². The fourth-order valence-electron chi connectivity index (χ4n) is 2.99. The lowest BCUT2D eigenvalue weighted by molar-refractivity contribution is -0.132. The lowest BCUT2D eigenvalue weighted by Crippen LogP contribution is -2.51. The number of alkyl halides is 2. The Morgan fingerprint density at radius 2 is 1.74 bits per heavy atom. The topological polar surface area (TPSA) is 70.2 Å². The third-order valence-corrected chi connectivity index (χ3v) is 6.43. The lowest BCUT2D eigenvalue weighted by atomic mass is 10.3. The molecular formula is C17H25F2N3O4S. The van der Waals surface area contributed by atoms with Crippen molar-refractivity contribution < 1.29 is 26.7 Å². The van der Waals surface area contributed by atoms with Gasteiger partial charge in [0, 0.05) is 39.3 Å². The van der Waals surface area contributed by atoms with E-state index in [2.05, 4.69) is 4.74 Å². The molecule has 0 radical (unpaired) electrons. The second-order valence-corrected chi connectivity index (χ2v) is 7.98. The van der Waals surface area contributed by atoms with Crippen molar-refractivity contribution in [3.05, 3.63) is 24.3 Å². The third-order valence-electron chi connectivity index (χ3n) is 4.49. The van der Waals surface area contributed by atoms with Gasteiger partial charge in [0.15, 0.2) is 0 Å². The number of carbonyl (C=O) groups is 1. The zero-order valence-corrected chi connectivity index (χ0v) is 16.3. The van der Waals surface area contributed by atoms with Gasteiger partial charge in [-0.05, 0) is 26.0 Å². The Labute approximate surface area is 158 Å². The molecule has 7 nitrogen and oxygen atoms in total. The molecule has 0 aromatic heterocycles. The number of nitrogens with zero attached hydrogens (tertiary/aromatic N) is 3. The monoisotopic (exact) mass is 405 g/mol. The van der Waals surface area contributed by atoms with Crippen molar-refractivity contribution in [2.75, 3.05) is 45.8 Å². The van der Waals surface area contributed by atoms with Crippen molar-refractivity contribution >= 4 is 15.9 Å². The number of carbonyl (C=O) groups excluding carboxylic acids is 1. The van der Waals surface area contributed by atoms with Crippen LogP contribution in [0.25, 0.3) is 0 Å². The van der Waals surface area contributed by atoms with Gasteiger partial charge in [0.25, 0.3) is 0 Å². The summed E-state index contributed by atoms with van der Waals surface area (Å²) in [6.45, 7) is 3.34. The molecule has 1 amide bonds. The van der Waals surface area contributed by atoms with Crippen molar-refractivity contribution in [2.45, 2.75) is 25.4 Å². The first kappa shape index (κ1) is 21.5. The number of sulfonamides is 1. The van der Waals surface area contributed by atoms with E-state index in [1.165, 1.54) is 28.6 Å². The molecule has 0 bridgehead atoms. The zero-order chi connectivity index (χ0) is 20.0. The van der Waals surface area contributed by atoms with Gasteiger partial charge in [0.1, 0.15) is 10.6 Å². The fourth-order valence-corrected chi connectivity index (χ4v) is 4.53. The molecule has 27 heavy (non-hydrogen) atoms. The number of rotatable bonds is 8. The van der Waals surface area contributed by atoms with Crippen molar-refractivity contribution in [3.8, 4) is 5.75 Å². The molecular weight excluding hydrogens is 380 g/mol. The van der Waals surface area contributed by atoms with Gasteiger partial charge in [0.05, 0.1) is 6.54 Å². The molecule has 0 atom stereocenters. The second-order valence-electron chi connectivity index (χ2n) is 6.07. The summed E-state index contributed by atoms with van der Waals surface area (Å²) < 4.78 is 56.3. The van der Waals surface area contributed by atoms with Gasteiger partial charge in [-0.25, -0.2) is 8.42 Å². The highest BCUT2D eigenvalue weighted by Crippen LogP contribution is 2.28. The van der Waals surface area contributed by atoms with Crippen LogP contribution < -0.4 is 4.74 Å². The summed E-state index contributed by atoms with van der Waals surface area (Å²) >= 11 is 0. The van der Waals surface area contributed by atoms with Gasteiger partial charge in [0.2, 0.25) is 15.9 Å². The van der Waals surface area contributed by atoms with E-state index in [0.29, 0.717) is 26.2 Å².